The first-order valence-electron chi connectivity index (χ1n) is 4.53. The molecule has 17 heavy (non-hydrogen) atoms. The lowest BCUT2D eigenvalue weighted by Crippen LogP contribution is -2.35. The molecule has 2 N–H and O–H groups in total. The Bertz CT molecular complexity index is 439. The van der Waals surface area contributed by atoms with Crippen LogP contribution in [0.3, 0.4) is 0 Å². The summed E-state index contributed by atoms with van der Waals surface area (Å²) in [6.45, 7) is -0.802. The molecule has 0 aromatic heterocycles. The zero-order chi connectivity index (χ0) is 13.1. The minimum absolute atomic E-state index is 0.0391. The Morgan fingerprint density at radius 1 is 1.41 bits per heavy atom. The van der Waals surface area contributed by atoms with E-state index in [9.17, 15) is 17.6 Å². The number of aliphatic hydroxyl groups is 1. The van der Waals surface area contributed by atoms with Gasteiger partial charge in [-0.15, -0.1) is 0 Å². The van der Waals surface area contributed by atoms with Gasteiger partial charge in [0, 0.05) is 6.54 Å². The van der Waals surface area contributed by atoms with Crippen LogP contribution in [0.1, 0.15) is 5.56 Å². The van der Waals surface area contributed by atoms with Crippen LogP contribution in [0.4, 0.5) is 23.2 Å². The molecule has 3 nitrogen and oxygen atoms in total. The van der Waals surface area contributed by atoms with Gasteiger partial charge in [0.25, 0.3) is 0 Å². The Kier molecular flexibility index (Phi) is 3.91. The predicted octanol–water partition coefficient (Wildman–Crippen LogP) is 2.03. The minimum atomic E-state index is -4.74. The van der Waals surface area contributed by atoms with E-state index in [4.69, 9.17) is 10.4 Å². The van der Waals surface area contributed by atoms with Crippen LogP contribution >= 0.6 is 0 Å². The third kappa shape index (κ3) is 3.60. The van der Waals surface area contributed by atoms with Gasteiger partial charge in [0.2, 0.25) is 0 Å². The van der Waals surface area contributed by atoms with E-state index in [0.717, 1.165) is 18.2 Å². The van der Waals surface area contributed by atoms with Gasteiger partial charge in [-0.25, -0.2) is 4.39 Å². The van der Waals surface area contributed by atoms with Crippen LogP contribution in [0.5, 0.6) is 0 Å². The highest BCUT2D eigenvalue weighted by molar-refractivity contribution is 5.57. The summed E-state index contributed by atoms with van der Waals surface area (Å²) in [5, 5.41) is 19.6. The van der Waals surface area contributed by atoms with Gasteiger partial charge in [-0.2, -0.15) is 18.4 Å². The molecule has 92 valence electrons. The van der Waals surface area contributed by atoms with Crippen molar-refractivity contribution in [1.29, 1.82) is 5.26 Å². The highest BCUT2D eigenvalue weighted by Crippen LogP contribution is 2.21. The van der Waals surface area contributed by atoms with Crippen molar-refractivity contribution in [2.45, 2.75) is 12.3 Å². The number of hydrogen-bond donors (Lipinski definition) is 2. The molecule has 1 unspecified atom stereocenters. The van der Waals surface area contributed by atoms with Gasteiger partial charge < -0.3 is 10.4 Å². The van der Waals surface area contributed by atoms with Crippen molar-refractivity contribution >= 4 is 5.69 Å². The van der Waals surface area contributed by atoms with E-state index in [1.54, 1.807) is 6.07 Å². The lowest BCUT2D eigenvalue weighted by molar-refractivity contribution is -0.198. The van der Waals surface area contributed by atoms with E-state index in [1.165, 1.54) is 0 Å². The molecule has 0 aliphatic carbocycles. The highest BCUT2D eigenvalue weighted by Gasteiger charge is 2.37. The number of anilines is 1. The number of benzene rings is 1. The van der Waals surface area contributed by atoms with Crippen molar-refractivity contribution in [3.05, 3.63) is 29.6 Å². The highest BCUT2D eigenvalue weighted by atomic mass is 19.4. The summed E-state index contributed by atoms with van der Waals surface area (Å²) in [6, 6.07) is 4.66. The van der Waals surface area contributed by atoms with E-state index in [2.05, 4.69) is 5.32 Å². The lowest BCUT2D eigenvalue weighted by atomic mass is 10.2. The Balaban J connectivity index is 2.74. The normalized spacial score (nSPS) is 12.9. The van der Waals surface area contributed by atoms with Gasteiger partial charge in [-0.05, 0) is 18.2 Å². The van der Waals surface area contributed by atoms with E-state index < -0.39 is 24.6 Å². The number of nitriles is 1. The first kappa shape index (κ1) is 13.3. The summed E-state index contributed by atoms with van der Waals surface area (Å²) >= 11 is 0. The van der Waals surface area contributed by atoms with Gasteiger partial charge >= 0.3 is 6.18 Å². The van der Waals surface area contributed by atoms with Crippen molar-refractivity contribution in [2.75, 3.05) is 11.9 Å². The smallest absolute Gasteiger partial charge is 0.382 e. The summed E-state index contributed by atoms with van der Waals surface area (Å²) in [7, 11) is 0. The standard InChI is InChI=1S/C10H8F4N2O/c11-7-1-2-8(6(3-7)4-15)16-5-9(17)10(12,13)14/h1-3,9,16-17H,5H2. The molecule has 7 heteroatoms. The van der Waals surface area contributed by atoms with Crippen molar-refractivity contribution in [3.63, 3.8) is 0 Å². The predicted molar refractivity (Wildman–Crippen MR) is 51.7 cm³/mol. The number of rotatable bonds is 3. The molecule has 1 atom stereocenters. The molecule has 0 saturated carbocycles. The fourth-order valence-electron chi connectivity index (χ4n) is 1.09. The first-order chi connectivity index (χ1) is 7.84. The fraction of sp³-hybridized carbons (Fsp3) is 0.300. The third-order valence-electron chi connectivity index (χ3n) is 1.97. The Labute approximate surface area is 94.3 Å². The second-order valence-electron chi connectivity index (χ2n) is 3.24. The van der Waals surface area contributed by atoms with E-state index in [1.807, 2.05) is 0 Å². The maximum absolute atomic E-state index is 12.7. The maximum Gasteiger partial charge on any atom is 0.416 e. The molecule has 1 aromatic rings. The molecular formula is C10H8F4N2O. The molecule has 1 aromatic carbocycles. The zero-order valence-corrected chi connectivity index (χ0v) is 8.42. The van der Waals surface area contributed by atoms with E-state index in [-0.39, 0.29) is 11.3 Å². The number of hydrogen-bond acceptors (Lipinski definition) is 3. The minimum Gasteiger partial charge on any atom is -0.382 e. The van der Waals surface area contributed by atoms with Crippen molar-refractivity contribution in [1.82, 2.24) is 0 Å². The zero-order valence-electron chi connectivity index (χ0n) is 8.42. The molecule has 0 spiro atoms. The summed E-state index contributed by atoms with van der Waals surface area (Å²) in [5.41, 5.74) is -0.0865. The average molecular weight is 248 g/mol. The molecule has 0 radical (unpaired) electrons. The van der Waals surface area contributed by atoms with Crippen molar-refractivity contribution < 1.29 is 22.7 Å². The van der Waals surface area contributed by atoms with Gasteiger partial charge in [-0.1, -0.05) is 0 Å². The molecule has 1 rings (SSSR count). The van der Waals surface area contributed by atoms with Crippen LogP contribution in [0.2, 0.25) is 0 Å². The number of aliphatic hydroxyl groups excluding tert-OH is 1. The third-order valence-corrected chi connectivity index (χ3v) is 1.97. The number of halogens is 4. The Hall–Kier alpha value is -1.81. The van der Waals surface area contributed by atoms with Gasteiger partial charge in [0.1, 0.15) is 11.9 Å². The van der Waals surface area contributed by atoms with Crippen LogP contribution in [-0.4, -0.2) is 23.9 Å². The Morgan fingerprint density at radius 3 is 2.59 bits per heavy atom. The van der Waals surface area contributed by atoms with Crippen LogP contribution in [0.25, 0.3) is 0 Å². The van der Waals surface area contributed by atoms with Crippen LogP contribution < -0.4 is 5.32 Å². The van der Waals surface area contributed by atoms with E-state index >= 15 is 0 Å². The quantitative estimate of drug-likeness (QED) is 0.805. The van der Waals surface area contributed by atoms with Gasteiger partial charge in [0.05, 0.1) is 11.3 Å². The van der Waals surface area contributed by atoms with Crippen LogP contribution in [-0.2, 0) is 0 Å². The second-order valence-corrected chi connectivity index (χ2v) is 3.24. The lowest BCUT2D eigenvalue weighted by Gasteiger charge is -2.16. The van der Waals surface area contributed by atoms with Gasteiger partial charge in [0.15, 0.2) is 6.10 Å². The van der Waals surface area contributed by atoms with Crippen molar-refractivity contribution in [2.24, 2.45) is 0 Å². The molecule has 0 saturated heterocycles. The molecule has 0 bridgehead atoms. The molecule has 0 amide bonds. The fourth-order valence-corrected chi connectivity index (χ4v) is 1.09. The summed E-state index contributed by atoms with van der Waals surface area (Å²) in [4.78, 5) is 0. The number of alkyl halides is 3. The number of nitrogens with one attached hydrogen (secondary N) is 1. The Morgan fingerprint density at radius 2 is 2.06 bits per heavy atom. The molecule has 0 aliphatic heterocycles. The van der Waals surface area contributed by atoms with Crippen LogP contribution in [0, 0.1) is 17.1 Å². The maximum atomic E-state index is 12.7. The summed E-state index contributed by atoms with van der Waals surface area (Å²) < 4.78 is 48.7. The monoisotopic (exact) mass is 248 g/mol. The van der Waals surface area contributed by atoms with Crippen molar-refractivity contribution in [3.8, 4) is 6.07 Å². The molecule has 0 fully saturated rings. The molecule has 0 aliphatic rings. The molecular weight excluding hydrogens is 240 g/mol. The number of nitrogens with zero attached hydrogens (tertiary/aromatic N) is 1. The first-order valence-corrected chi connectivity index (χ1v) is 4.53. The largest absolute Gasteiger partial charge is 0.416 e. The van der Waals surface area contributed by atoms with Crippen LogP contribution in [0.15, 0.2) is 18.2 Å². The topological polar surface area (TPSA) is 56.0 Å². The second kappa shape index (κ2) is 5.01. The summed E-state index contributed by atoms with van der Waals surface area (Å²) in [5.74, 6) is -0.663. The van der Waals surface area contributed by atoms with E-state index in [0.29, 0.717) is 0 Å². The SMILES string of the molecule is N#Cc1cc(F)ccc1NCC(O)C(F)(F)F. The summed E-state index contributed by atoms with van der Waals surface area (Å²) in [6.07, 6.45) is -7.28. The molecule has 0 heterocycles. The van der Waals surface area contributed by atoms with Gasteiger partial charge in [-0.3, -0.25) is 0 Å². The average Bonchev–Trinajstić information content (AvgIpc) is 2.25.